The van der Waals surface area contributed by atoms with Gasteiger partial charge < -0.3 is 14.7 Å². The molecule has 0 bridgehead atoms. The predicted molar refractivity (Wildman–Crippen MR) is 117 cm³/mol. The summed E-state index contributed by atoms with van der Waals surface area (Å²) in [6, 6.07) is 12.3. The Bertz CT molecular complexity index is 838. The number of carbonyl (C=O) groups is 2. The van der Waals surface area contributed by atoms with E-state index in [4.69, 9.17) is 0 Å². The molecule has 2 aliphatic heterocycles. The number of benzene rings is 1. The van der Waals surface area contributed by atoms with Gasteiger partial charge in [-0.05, 0) is 36.1 Å². The van der Waals surface area contributed by atoms with Crippen LogP contribution in [0.3, 0.4) is 0 Å². The third-order valence-electron chi connectivity index (χ3n) is 5.75. The number of amides is 2. The zero-order chi connectivity index (χ0) is 20.2. The second-order valence-corrected chi connectivity index (χ2v) is 8.70. The molecule has 4 rings (SSSR count). The van der Waals surface area contributed by atoms with E-state index in [1.54, 1.807) is 0 Å². The Morgan fingerprint density at radius 3 is 2.28 bits per heavy atom. The summed E-state index contributed by atoms with van der Waals surface area (Å²) in [5.74, 6) is 0.310. The molecular formula is C22H28N4O2S. The van der Waals surface area contributed by atoms with Crippen molar-refractivity contribution in [1.29, 1.82) is 0 Å². The van der Waals surface area contributed by atoms with Crippen molar-refractivity contribution in [3.63, 3.8) is 0 Å². The third-order valence-corrected chi connectivity index (χ3v) is 6.61. The van der Waals surface area contributed by atoms with E-state index in [1.807, 2.05) is 27.3 Å². The second-order valence-electron chi connectivity index (χ2n) is 7.75. The first-order valence-corrected chi connectivity index (χ1v) is 11.1. The fourth-order valence-electron chi connectivity index (χ4n) is 4.00. The Kier molecular flexibility index (Phi) is 6.16. The van der Waals surface area contributed by atoms with Gasteiger partial charge in [-0.2, -0.15) is 0 Å². The molecule has 1 aromatic carbocycles. The summed E-state index contributed by atoms with van der Waals surface area (Å²) < 4.78 is 0. The molecular weight excluding hydrogens is 384 g/mol. The number of hydrogen-bond acceptors (Lipinski definition) is 5. The number of thiophene rings is 1. The molecule has 2 aromatic rings. The minimum atomic E-state index is 0.109. The van der Waals surface area contributed by atoms with Crippen LogP contribution in [0.5, 0.6) is 0 Å². The van der Waals surface area contributed by atoms with Crippen LogP contribution in [-0.4, -0.2) is 85.4 Å². The summed E-state index contributed by atoms with van der Waals surface area (Å²) in [5, 5.41) is 1.93. The molecule has 0 atom stereocenters. The Balaban J connectivity index is 1.22. The lowest BCUT2D eigenvalue weighted by molar-refractivity contribution is -0.133. The number of rotatable bonds is 4. The molecule has 1 aromatic heterocycles. The zero-order valence-corrected chi connectivity index (χ0v) is 17.7. The van der Waals surface area contributed by atoms with Crippen molar-refractivity contribution in [2.75, 3.05) is 63.8 Å². The van der Waals surface area contributed by atoms with E-state index in [-0.39, 0.29) is 11.8 Å². The molecule has 2 amide bonds. The van der Waals surface area contributed by atoms with E-state index in [1.165, 1.54) is 22.6 Å². The van der Waals surface area contributed by atoms with Gasteiger partial charge in [0, 0.05) is 58.0 Å². The molecule has 0 saturated carbocycles. The van der Waals surface area contributed by atoms with E-state index in [9.17, 15) is 9.59 Å². The molecule has 29 heavy (non-hydrogen) atoms. The minimum Gasteiger partial charge on any atom is -0.368 e. The van der Waals surface area contributed by atoms with E-state index in [2.05, 4.69) is 41.0 Å². The third kappa shape index (κ3) is 4.79. The summed E-state index contributed by atoms with van der Waals surface area (Å²) in [7, 11) is 0. The van der Waals surface area contributed by atoms with E-state index in [0.29, 0.717) is 19.6 Å². The first-order valence-electron chi connectivity index (χ1n) is 10.2. The smallest absolute Gasteiger partial charge is 0.264 e. The van der Waals surface area contributed by atoms with Gasteiger partial charge in [-0.3, -0.25) is 14.5 Å². The van der Waals surface area contributed by atoms with Gasteiger partial charge in [0.15, 0.2) is 0 Å². The molecule has 3 heterocycles. The van der Waals surface area contributed by atoms with Crippen LogP contribution < -0.4 is 4.90 Å². The molecule has 2 saturated heterocycles. The molecule has 6 nitrogen and oxygen atoms in total. The monoisotopic (exact) mass is 412 g/mol. The van der Waals surface area contributed by atoms with Crippen LogP contribution in [0, 0.1) is 6.92 Å². The highest BCUT2D eigenvalue weighted by Crippen LogP contribution is 2.18. The molecule has 0 aliphatic carbocycles. The normalized spacial score (nSPS) is 18.2. The average molecular weight is 413 g/mol. The molecule has 0 N–H and O–H groups in total. The maximum absolute atomic E-state index is 12.8. The highest BCUT2D eigenvalue weighted by molar-refractivity contribution is 7.12. The predicted octanol–water partition coefficient (Wildman–Crippen LogP) is 2.16. The Morgan fingerprint density at radius 2 is 1.62 bits per heavy atom. The summed E-state index contributed by atoms with van der Waals surface area (Å²) in [5.41, 5.74) is 2.50. The van der Waals surface area contributed by atoms with Gasteiger partial charge in [-0.15, -0.1) is 11.3 Å². The van der Waals surface area contributed by atoms with Gasteiger partial charge in [-0.25, -0.2) is 0 Å². The SMILES string of the molecule is Cc1cccc(N2CCN(C(=O)CN3CCN(C(=O)c4cccs4)CC3)CC2)c1. The highest BCUT2D eigenvalue weighted by atomic mass is 32.1. The van der Waals surface area contributed by atoms with Crippen LogP contribution in [0.4, 0.5) is 5.69 Å². The maximum atomic E-state index is 12.8. The summed E-state index contributed by atoms with van der Waals surface area (Å²) in [6.07, 6.45) is 0. The van der Waals surface area contributed by atoms with Gasteiger partial charge in [0.1, 0.15) is 0 Å². The van der Waals surface area contributed by atoms with Crippen LogP contribution >= 0.6 is 11.3 Å². The lowest BCUT2D eigenvalue weighted by atomic mass is 10.2. The topological polar surface area (TPSA) is 47.1 Å². The Hall–Kier alpha value is -2.38. The minimum absolute atomic E-state index is 0.109. The Morgan fingerprint density at radius 1 is 0.897 bits per heavy atom. The lowest BCUT2D eigenvalue weighted by Gasteiger charge is -2.38. The average Bonchev–Trinajstić information content (AvgIpc) is 3.29. The molecule has 2 aliphatic rings. The van der Waals surface area contributed by atoms with Crippen LogP contribution in [0.25, 0.3) is 0 Å². The number of aryl methyl sites for hydroxylation is 1. The fraction of sp³-hybridized carbons (Fsp3) is 0.455. The molecule has 0 unspecified atom stereocenters. The van der Waals surface area contributed by atoms with Crippen LogP contribution in [0.1, 0.15) is 15.2 Å². The molecule has 0 radical (unpaired) electrons. The van der Waals surface area contributed by atoms with Crippen molar-refractivity contribution in [3.05, 3.63) is 52.2 Å². The lowest BCUT2D eigenvalue weighted by Crippen LogP contribution is -2.54. The van der Waals surface area contributed by atoms with Gasteiger partial charge in [0.25, 0.3) is 5.91 Å². The fourth-order valence-corrected chi connectivity index (χ4v) is 4.69. The van der Waals surface area contributed by atoms with Crippen molar-refractivity contribution in [2.24, 2.45) is 0 Å². The molecule has 7 heteroatoms. The highest BCUT2D eigenvalue weighted by Gasteiger charge is 2.26. The van der Waals surface area contributed by atoms with Crippen molar-refractivity contribution in [2.45, 2.75) is 6.92 Å². The van der Waals surface area contributed by atoms with Gasteiger partial charge >= 0.3 is 0 Å². The summed E-state index contributed by atoms with van der Waals surface area (Å²) >= 11 is 1.48. The Labute approximate surface area is 176 Å². The maximum Gasteiger partial charge on any atom is 0.264 e. The van der Waals surface area contributed by atoms with E-state index >= 15 is 0 Å². The number of nitrogens with zero attached hydrogens (tertiary/aromatic N) is 4. The van der Waals surface area contributed by atoms with Gasteiger partial charge in [-0.1, -0.05) is 18.2 Å². The van der Waals surface area contributed by atoms with Crippen molar-refractivity contribution >= 4 is 28.8 Å². The number of carbonyl (C=O) groups excluding carboxylic acids is 2. The largest absolute Gasteiger partial charge is 0.368 e. The number of anilines is 1. The second kappa shape index (κ2) is 8.97. The quantitative estimate of drug-likeness (QED) is 0.772. The first kappa shape index (κ1) is 19.9. The van der Waals surface area contributed by atoms with E-state index < -0.39 is 0 Å². The summed E-state index contributed by atoms with van der Waals surface area (Å²) in [4.78, 5) is 34.4. The first-order chi connectivity index (χ1) is 14.1. The standard InChI is InChI=1S/C22H28N4O2S/c1-18-4-2-5-19(16-18)24-11-13-25(14-12-24)21(27)17-23-7-9-26(10-8-23)22(28)20-6-3-15-29-20/h2-6,15-16H,7-14,17H2,1H3. The van der Waals surface area contributed by atoms with Crippen LogP contribution in [-0.2, 0) is 4.79 Å². The summed E-state index contributed by atoms with van der Waals surface area (Å²) in [6.45, 7) is 8.72. The van der Waals surface area contributed by atoms with Gasteiger partial charge in [0.2, 0.25) is 5.91 Å². The number of hydrogen-bond donors (Lipinski definition) is 0. The zero-order valence-electron chi connectivity index (χ0n) is 16.9. The van der Waals surface area contributed by atoms with E-state index in [0.717, 1.165) is 44.1 Å². The van der Waals surface area contributed by atoms with Crippen molar-refractivity contribution in [3.8, 4) is 0 Å². The number of piperazine rings is 2. The molecule has 0 spiro atoms. The van der Waals surface area contributed by atoms with Crippen LogP contribution in [0.15, 0.2) is 41.8 Å². The molecule has 154 valence electrons. The van der Waals surface area contributed by atoms with Crippen molar-refractivity contribution < 1.29 is 9.59 Å². The van der Waals surface area contributed by atoms with Gasteiger partial charge in [0.05, 0.1) is 11.4 Å². The molecule has 2 fully saturated rings. The van der Waals surface area contributed by atoms with Crippen LogP contribution in [0.2, 0.25) is 0 Å². The van der Waals surface area contributed by atoms with Crippen molar-refractivity contribution in [1.82, 2.24) is 14.7 Å².